The van der Waals surface area contributed by atoms with Crippen molar-refractivity contribution in [3.05, 3.63) is 48.3 Å². The average molecular weight is 268 g/mol. The maximum absolute atomic E-state index is 4.16. The third-order valence-electron chi connectivity index (χ3n) is 3.63. The van der Waals surface area contributed by atoms with Crippen LogP contribution in [0.2, 0.25) is 0 Å². The molecule has 1 aromatic heterocycles. The van der Waals surface area contributed by atoms with Crippen molar-refractivity contribution in [3.8, 4) is 0 Å². The zero-order valence-corrected chi connectivity index (χ0v) is 11.6. The highest BCUT2D eigenvalue weighted by Gasteiger charge is 2.10. The van der Waals surface area contributed by atoms with Gasteiger partial charge < -0.3 is 5.32 Å². The van der Waals surface area contributed by atoms with Gasteiger partial charge in [0.2, 0.25) is 5.95 Å². The fraction of sp³-hybridized carbons (Fsp3) is 0.375. The minimum Gasteiger partial charge on any atom is -0.324 e. The molecule has 2 aromatic rings. The molecule has 1 aliphatic heterocycles. The van der Waals surface area contributed by atoms with Crippen LogP contribution in [0.3, 0.4) is 0 Å². The van der Waals surface area contributed by atoms with Gasteiger partial charge >= 0.3 is 0 Å². The van der Waals surface area contributed by atoms with Crippen molar-refractivity contribution < 1.29 is 0 Å². The van der Waals surface area contributed by atoms with Gasteiger partial charge in [-0.1, -0.05) is 18.6 Å². The molecular formula is C16H20N4. The highest BCUT2D eigenvalue weighted by atomic mass is 15.1. The molecule has 3 rings (SSSR count). The van der Waals surface area contributed by atoms with Crippen molar-refractivity contribution in [1.29, 1.82) is 0 Å². The molecule has 0 radical (unpaired) electrons. The number of likely N-dealkylation sites (tertiary alicyclic amines) is 1. The van der Waals surface area contributed by atoms with Gasteiger partial charge in [-0.15, -0.1) is 0 Å². The molecule has 1 fully saturated rings. The Bertz CT molecular complexity index is 518. The van der Waals surface area contributed by atoms with E-state index in [0.29, 0.717) is 5.95 Å². The zero-order valence-electron chi connectivity index (χ0n) is 11.6. The summed E-state index contributed by atoms with van der Waals surface area (Å²) < 4.78 is 0. The predicted molar refractivity (Wildman–Crippen MR) is 80.9 cm³/mol. The van der Waals surface area contributed by atoms with Gasteiger partial charge in [0.1, 0.15) is 0 Å². The largest absolute Gasteiger partial charge is 0.324 e. The summed E-state index contributed by atoms with van der Waals surface area (Å²) in [5.74, 6) is 0.635. The number of hydrogen-bond donors (Lipinski definition) is 1. The van der Waals surface area contributed by atoms with Crippen molar-refractivity contribution in [2.45, 2.75) is 25.8 Å². The average Bonchev–Trinajstić information content (AvgIpc) is 2.51. The first-order valence-corrected chi connectivity index (χ1v) is 7.25. The fourth-order valence-electron chi connectivity index (χ4n) is 2.56. The number of anilines is 2. The summed E-state index contributed by atoms with van der Waals surface area (Å²) in [5, 5.41) is 3.20. The topological polar surface area (TPSA) is 41.1 Å². The number of rotatable bonds is 4. The Hall–Kier alpha value is -1.94. The lowest BCUT2D eigenvalue weighted by Gasteiger charge is -2.26. The van der Waals surface area contributed by atoms with Crippen molar-refractivity contribution in [3.63, 3.8) is 0 Å². The van der Waals surface area contributed by atoms with Gasteiger partial charge in [-0.2, -0.15) is 0 Å². The summed E-state index contributed by atoms with van der Waals surface area (Å²) in [5.41, 5.74) is 2.39. The normalized spacial score (nSPS) is 16.0. The summed E-state index contributed by atoms with van der Waals surface area (Å²) in [6.45, 7) is 3.53. The Morgan fingerprint density at radius 3 is 2.35 bits per heavy atom. The van der Waals surface area contributed by atoms with Crippen LogP contribution >= 0.6 is 0 Å². The van der Waals surface area contributed by atoms with E-state index < -0.39 is 0 Å². The van der Waals surface area contributed by atoms with Gasteiger partial charge in [0, 0.05) is 24.6 Å². The van der Waals surface area contributed by atoms with Crippen LogP contribution < -0.4 is 5.32 Å². The predicted octanol–water partition coefficient (Wildman–Crippen LogP) is 3.21. The highest BCUT2D eigenvalue weighted by molar-refractivity contribution is 5.53. The molecule has 1 saturated heterocycles. The van der Waals surface area contributed by atoms with Gasteiger partial charge in [0.05, 0.1) is 0 Å². The summed E-state index contributed by atoms with van der Waals surface area (Å²) in [6, 6.07) is 10.4. The van der Waals surface area contributed by atoms with E-state index in [-0.39, 0.29) is 0 Å². The van der Waals surface area contributed by atoms with Gasteiger partial charge in [-0.3, -0.25) is 4.90 Å². The molecule has 0 aliphatic carbocycles. The molecule has 0 atom stereocenters. The molecule has 0 bridgehead atoms. The van der Waals surface area contributed by atoms with E-state index in [1.165, 1.54) is 37.9 Å². The van der Waals surface area contributed by atoms with Gasteiger partial charge in [-0.25, -0.2) is 9.97 Å². The minimum atomic E-state index is 0.635. The number of benzene rings is 1. The maximum atomic E-state index is 4.16. The number of hydrogen-bond acceptors (Lipinski definition) is 4. The third kappa shape index (κ3) is 3.54. The second-order valence-electron chi connectivity index (χ2n) is 5.23. The molecule has 1 N–H and O–H groups in total. The third-order valence-corrected chi connectivity index (χ3v) is 3.63. The molecule has 0 amide bonds. The molecule has 4 heteroatoms. The number of nitrogens with one attached hydrogen (secondary N) is 1. The Labute approximate surface area is 119 Å². The molecular weight excluding hydrogens is 248 g/mol. The Balaban J connectivity index is 1.59. The van der Waals surface area contributed by atoms with Crippen molar-refractivity contribution >= 4 is 11.6 Å². The summed E-state index contributed by atoms with van der Waals surface area (Å²) in [7, 11) is 0. The minimum absolute atomic E-state index is 0.635. The second-order valence-corrected chi connectivity index (χ2v) is 5.23. The lowest BCUT2D eigenvalue weighted by molar-refractivity contribution is 0.221. The number of aromatic nitrogens is 2. The van der Waals surface area contributed by atoms with Gasteiger partial charge in [0.25, 0.3) is 0 Å². The molecule has 0 spiro atoms. The molecule has 104 valence electrons. The van der Waals surface area contributed by atoms with Crippen LogP contribution in [0.25, 0.3) is 0 Å². The lowest BCUT2D eigenvalue weighted by Crippen LogP contribution is -2.29. The molecule has 1 aliphatic rings. The van der Waals surface area contributed by atoms with E-state index in [4.69, 9.17) is 0 Å². The van der Waals surface area contributed by atoms with Crippen LogP contribution in [-0.4, -0.2) is 28.0 Å². The first-order valence-electron chi connectivity index (χ1n) is 7.25. The molecule has 2 heterocycles. The monoisotopic (exact) mass is 268 g/mol. The first-order chi connectivity index (χ1) is 9.90. The lowest BCUT2D eigenvalue weighted by atomic mass is 10.1. The van der Waals surface area contributed by atoms with Crippen molar-refractivity contribution in [1.82, 2.24) is 14.9 Å². The van der Waals surface area contributed by atoms with Crippen LogP contribution in [0, 0.1) is 0 Å². The van der Waals surface area contributed by atoms with Crippen LogP contribution in [0.1, 0.15) is 24.8 Å². The Kier molecular flexibility index (Phi) is 4.23. The van der Waals surface area contributed by atoms with Crippen molar-refractivity contribution in [2.75, 3.05) is 18.4 Å². The van der Waals surface area contributed by atoms with Crippen LogP contribution in [0.15, 0.2) is 42.7 Å². The van der Waals surface area contributed by atoms with E-state index in [1.807, 2.05) is 6.07 Å². The first kappa shape index (κ1) is 13.1. The second kappa shape index (κ2) is 6.48. The van der Waals surface area contributed by atoms with Crippen LogP contribution in [-0.2, 0) is 6.54 Å². The zero-order chi connectivity index (χ0) is 13.6. The molecule has 0 saturated carbocycles. The quantitative estimate of drug-likeness (QED) is 0.924. The van der Waals surface area contributed by atoms with E-state index >= 15 is 0 Å². The van der Waals surface area contributed by atoms with E-state index in [9.17, 15) is 0 Å². The summed E-state index contributed by atoms with van der Waals surface area (Å²) in [6.07, 6.45) is 7.53. The highest BCUT2D eigenvalue weighted by Crippen LogP contribution is 2.16. The Morgan fingerprint density at radius 1 is 0.950 bits per heavy atom. The van der Waals surface area contributed by atoms with Gasteiger partial charge in [0.15, 0.2) is 0 Å². The molecule has 0 unspecified atom stereocenters. The van der Waals surface area contributed by atoms with Gasteiger partial charge in [-0.05, 0) is 49.7 Å². The van der Waals surface area contributed by atoms with E-state index in [0.717, 1.165) is 12.2 Å². The summed E-state index contributed by atoms with van der Waals surface area (Å²) >= 11 is 0. The van der Waals surface area contributed by atoms with Crippen LogP contribution in [0.5, 0.6) is 0 Å². The molecule has 4 nitrogen and oxygen atoms in total. The SMILES string of the molecule is c1cnc(Nc2ccc(CN3CCCCC3)cc2)nc1. The smallest absolute Gasteiger partial charge is 0.227 e. The number of piperidine rings is 1. The Morgan fingerprint density at radius 2 is 1.65 bits per heavy atom. The molecule has 20 heavy (non-hydrogen) atoms. The van der Waals surface area contributed by atoms with Crippen molar-refractivity contribution in [2.24, 2.45) is 0 Å². The summed E-state index contributed by atoms with van der Waals surface area (Å²) in [4.78, 5) is 10.9. The fourth-order valence-corrected chi connectivity index (χ4v) is 2.56. The maximum Gasteiger partial charge on any atom is 0.227 e. The van der Waals surface area contributed by atoms with E-state index in [2.05, 4.69) is 44.5 Å². The number of nitrogens with zero attached hydrogens (tertiary/aromatic N) is 3. The standard InChI is InChI=1S/C16H20N4/c1-2-11-20(12-3-1)13-14-5-7-15(8-6-14)19-16-17-9-4-10-18-16/h4-10H,1-3,11-13H2,(H,17,18,19). The molecule has 1 aromatic carbocycles. The van der Waals surface area contributed by atoms with E-state index in [1.54, 1.807) is 12.4 Å². The van der Waals surface area contributed by atoms with Crippen LogP contribution in [0.4, 0.5) is 11.6 Å².